The molecule has 1 saturated heterocycles. The normalized spacial score (nSPS) is 41.8. The molecule has 2 amide bonds. The summed E-state index contributed by atoms with van der Waals surface area (Å²) in [5.74, 6) is -2.19. The molecule has 6 nitrogen and oxygen atoms in total. The summed E-state index contributed by atoms with van der Waals surface area (Å²) in [4.78, 5) is 35.4. The zero-order chi connectivity index (χ0) is 22.6. The SMILES string of the molecule is C=C1[C@@H](OC(C)=O)C[C@H]2C(C)(C)[C@@H](Cl)[C@H](Cl)C[C@]2(C)[C@H]1C[C@H](O)[C@H]1CC(=O)NC1=O. The summed E-state index contributed by atoms with van der Waals surface area (Å²) in [6.45, 7) is 11.9. The van der Waals surface area contributed by atoms with Gasteiger partial charge in [0.2, 0.25) is 11.8 Å². The van der Waals surface area contributed by atoms with Crippen LogP contribution in [0.2, 0.25) is 0 Å². The van der Waals surface area contributed by atoms with E-state index < -0.39 is 30.0 Å². The molecule has 0 aromatic heterocycles. The first-order chi connectivity index (χ1) is 13.8. The van der Waals surface area contributed by atoms with Crippen molar-refractivity contribution in [1.29, 1.82) is 0 Å². The summed E-state index contributed by atoms with van der Waals surface area (Å²) in [5, 5.41) is 12.6. The standard InChI is InChI=1S/C22H31Cl2NO5/c1-10-13(7-15(27)12-6-18(28)25-20(12)29)22(5)9-14(23)19(24)21(3,4)17(22)8-16(10)30-11(2)26/h12-17,19,27H,1,6-9H2,2-5H3,(H,25,28,29)/t12-,13+,14-,15+,16+,17+,19+,22-/m1/s1. The predicted octanol–water partition coefficient (Wildman–Crippen LogP) is 3.18. The number of carbonyl (C=O) groups is 3. The van der Waals surface area contributed by atoms with Crippen LogP contribution in [0.1, 0.15) is 53.4 Å². The van der Waals surface area contributed by atoms with Crippen molar-refractivity contribution in [2.45, 2.75) is 76.3 Å². The van der Waals surface area contributed by atoms with Gasteiger partial charge in [0.15, 0.2) is 0 Å². The summed E-state index contributed by atoms with van der Waals surface area (Å²) >= 11 is 13.4. The zero-order valence-electron chi connectivity index (χ0n) is 17.9. The number of alkyl halides is 2. The van der Waals surface area contributed by atoms with Gasteiger partial charge in [-0.15, -0.1) is 23.2 Å². The number of ether oxygens (including phenoxy) is 1. The van der Waals surface area contributed by atoms with E-state index in [2.05, 4.69) is 32.7 Å². The molecule has 3 fully saturated rings. The third-order valence-electron chi connectivity index (χ3n) is 7.72. The third-order valence-corrected chi connectivity index (χ3v) is 9.12. The van der Waals surface area contributed by atoms with E-state index in [1.54, 1.807) is 0 Å². The maximum atomic E-state index is 12.1. The smallest absolute Gasteiger partial charge is 0.303 e. The number of hydrogen-bond donors (Lipinski definition) is 2. The van der Waals surface area contributed by atoms with Gasteiger partial charge in [-0.2, -0.15) is 0 Å². The first-order valence-corrected chi connectivity index (χ1v) is 11.3. The lowest BCUT2D eigenvalue weighted by molar-refractivity contribution is -0.154. The van der Waals surface area contributed by atoms with Gasteiger partial charge in [0.05, 0.1) is 22.8 Å². The Hall–Kier alpha value is -1.11. The molecule has 0 aromatic rings. The molecule has 0 radical (unpaired) electrons. The number of carbonyl (C=O) groups excluding carboxylic acids is 3. The molecule has 2 saturated carbocycles. The summed E-state index contributed by atoms with van der Waals surface area (Å²) in [5.41, 5.74) is 0.0273. The van der Waals surface area contributed by atoms with E-state index in [0.717, 1.165) is 5.57 Å². The van der Waals surface area contributed by atoms with Crippen molar-refractivity contribution in [2.24, 2.45) is 28.6 Å². The van der Waals surface area contributed by atoms with E-state index in [1.165, 1.54) is 6.92 Å². The third kappa shape index (κ3) is 3.91. The van der Waals surface area contributed by atoms with Crippen LogP contribution in [-0.4, -0.2) is 45.9 Å². The van der Waals surface area contributed by atoms with Gasteiger partial charge < -0.3 is 9.84 Å². The lowest BCUT2D eigenvalue weighted by Crippen LogP contribution is -2.60. The van der Waals surface area contributed by atoms with E-state index in [9.17, 15) is 19.5 Å². The molecule has 0 unspecified atom stereocenters. The number of fused-ring (bicyclic) bond motifs is 1. The maximum Gasteiger partial charge on any atom is 0.303 e. The Kier molecular flexibility index (Phi) is 6.36. The lowest BCUT2D eigenvalue weighted by atomic mass is 9.46. The molecule has 30 heavy (non-hydrogen) atoms. The average Bonchev–Trinajstić information content (AvgIpc) is 2.97. The largest absolute Gasteiger partial charge is 0.458 e. The van der Waals surface area contributed by atoms with Crippen LogP contribution < -0.4 is 5.32 Å². The number of rotatable bonds is 4. The molecule has 2 aliphatic carbocycles. The fourth-order valence-electron chi connectivity index (χ4n) is 6.18. The number of imide groups is 1. The highest BCUT2D eigenvalue weighted by Crippen LogP contribution is 2.64. The van der Waals surface area contributed by atoms with Crippen LogP contribution in [0, 0.1) is 28.6 Å². The number of aliphatic hydroxyl groups is 1. The Morgan fingerprint density at radius 3 is 2.50 bits per heavy atom. The molecule has 1 aliphatic heterocycles. The molecule has 168 valence electrons. The molecule has 8 heteroatoms. The average molecular weight is 460 g/mol. The van der Waals surface area contributed by atoms with Crippen LogP contribution in [0.4, 0.5) is 0 Å². The Bertz CT molecular complexity index is 769. The number of esters is 1. The van der Waals surface area contributed by atoms with Crippen LogP contribution in [0.25, 0.3) is 0 Å². The fraction of sp³-hybridized carbons (Fsp3) is 0.773. The topological polar surface area (TPSA) is 92.7 Å². The van der Waals surface area contributed by atoms with E-state index in [4.69, 9.17) is 27.9 Å². The van der Waals surface area contributed by atoms with Gasteiger partial charge in [0, 0.05) is 13.3 Å². The molecule has 0 spiro atoms. The van der Waals surface area contributed by atoms with E-state index in [-0.39, 0.29) is 52.2 Å². The minimum Gasteiger partial charge on any atom is -0.458 e. The first kappa shape index (κ1) is 23.6. The van der Waals surface area contributed by atoms with E-state index in [0.29, 0.717) is 12.8 Å². The summed E-state index contributed by atoms with van der Waals surface area (Å²) in [7, 11) is 0. The Balaban J connectivity index is 1.96. The van der Waals surface area contributed by atoms with Crippen LogP contribution in [0.3, 0.4) is 0 Å². The highest BCUT2D eigenvalue weighted by Gasteiger charge is 2.61. The van der Waals surface area contributed by atoms with Crippen molar-refractivity contribution in [1.82, 2.24) is 5.32 Å². The summed E-state index contributed by atoms with van der Waals surface area (Å²) < 4.78 is 5.60. The maximum absolute atomic E-state index is 12.1. The Labute approximate surface area is 187 Å². The van der Waals surface area contributed by atoms with Crippen LogP contribution in [0.15, 0.2) is 12.2 Å². The molecule has 3 rings (SSSR count). The number of aliphatic hydroxyl groups excluding tert-OH is 1. The lowest BCUT2D eigenvalue weighted by Gasteiger charge is -2.62. The van der Waals surface area contributed by atoms with E-state index in [1.807, 2.05) is 0 Å². The first-order valence-electron chi connectivity index (χ1n) is 10.4. The molecule has 3 aliphatic rings. The highest BCUT2D eigenvalue weighted by molar-refractivity contribution is 6.30. The van der Waals surface area contributed by atoms with Gasteiger partial charge in [-0.05, 0) is 47.5 Å². The van der Waals surface area contributed by atoms with Crippen molar-refractivity contribution in [3.8, 4) is 0 Å². The van der Waals surface area contributed by atoms with Crippen molar-refractivity contribution >= 4 is 41.0 Å². The Morgan fingerprint density at radius 2 is 1.97 bits per heavy atom. The fourth-order valence-corrected chi connectivity index (χ4v) is 7.08. The van der Waals surface area contributed by atoms with Crippen LogP contribution in [-0.2, 0) is 19.1 Å². The van der Waals surface area contributed by atoms with Gasteiger partial charge in [0.25, 0.3) is 0 Å². The van der Waals surface area contributed by atoms with Crippen molar-refractivity contribution in [3.05, 3.63) is 12.2 Å². The predicted molar refractivity (Wildman–Crippen MR) is 114 cm³/mol. The summed E-state index contributed by atoms with van der Waals surface area (Å²) in [6, 6.07) is 0. The van der Waals surface area contributed by atoms with Crippen LogP contribution >= 0.6 is 23.2 Å². The minimum absolute atomic E-state index is 0.0277. The molecular weight excluding hydrogens is 429 g/mol. The van der Waals surface area contributed by atoms with Crippen LogP contribution in [0.5, 0.6) is 0 Å². The van der Waals surface area contributed by atoms with Crippen molar-refractivity contribution in [3.63, 3.8) is 0 Å². The molecule has 0 bridgehead atoms. The minimum atomic E-state index is -1.02. The van der Waals surface area contributed by atoms with Crippen molar-refractivity contribution < 1.29 is 24.2 Å². The quantitative estimate of drug-likeness (QED) is 0.291. The second-order valence-electron chi connectivity index (χ2n) is 9.99. The summed E-state index contributed by atoms with van der Waals surface area (Å²) in [6.07, 6.45) is -0.0921. The molecule has 0 aromatic carbocycles. The van der Waals surface area contributed by atoms with Gasteiger partial charge in [-0.25, -0.2) is 0 Å². The monoisotopic (exact) mass is 459 g/mol. The second kappa shape index (κ2) is 8.10. The van der Waals surface area contributed by atoms with Gasteiger partial charge >= 0.3 is 5.97 Å². The van der Waals surface area contributed by atoms with Gasteiger partial charge in [-0.3, -0.25) is 19.7 Å². The number of amides is 2. The number of halogens is 2. The highest BCUT2D eigenvalue weighted by atomic mass is 35.5. The molecule has 1 heterocycles. The Morgan fingerprint density at radius 1 is 1.33 bits per heavy atom. The number of hydrogen-bond acceptors (Lipinski definition) is 5. The molecule has 2 N–H and O–H groups in total. The van der Waals surface area contributed by atoms with Gasteiger partial charge in [-0.1, -0.05) is 27.4 Å². The zero-order valence-corrected chi connectivity index (χ0v) is 19.4. The van der Waals surface area contributed by atoms with Gasteiger partial charge in [0.1, 0.15) is 6.10 Å². The van der Waals surface area contributed by atoms with E-state index >= 15 is 0 Å². The molecular formula is C22H31Cl2NO5. The van der Waals surface area contributed by atoms with Crippen molar-refractivity contribution in [2.75, 3.05) is 0 Å². The number of nitrogens with one attached hydrogen (secondary N) is 1. The molecule has 8 atom stereocenters. The second-order valence-corrected chi connectivity index (χ2v) is 11.0.